The fourth-order valence-corrected chi connectivity index (χ4v) is 3.66. The summed E-state index contributed by atoms with van der Waals surface area (Å²) in [6.45, 7) is 3.70. The van der Waals surface area contributed by atoms with Gasteiger partial charge in [-0.15, -0.1) is 0 Å². The first-order chi connectivity index (χ1) is 11.1. The van der Waals surface area contributed by atoms with Gasteiger partial charge in [-0.25, -0.2) is 8.42 Å². The quantitative estimate of drug-likeness (QED) is 0.855. The van der Waals surface area contributed by atoms with Crippen LogP contribution in [0.3, 0.4) is 0 Å². The normalized spacial score (nSPS) is 11.2. The van der Waals surface area contributed by atoms with Gasteiger partial charge < -0.3 is 4.90 Å². The molecule has 0 spiro atoms. The summed E-state index contributed by atoms with van der Waals surface area (Å²) < 4.78 is 26.8. The fourth-order valence-electron chi connectivity index (χ4n) is 2.40. The van der Waals surface area contributed by atoms with Gasteiger partial charge in [-0.1, -0.05) is 17.7 Å². The van der Waals surface area contributed by atoms with Crippen molar-refractivity contribution in [1.29, 1.82) is 0 Å². The Bertz CT molecular complexity index is 856. The average Bonchev–Trinajstić information content (AvgIpc) is 2.53. The average molecular weight is 346 g/mol. The van der Waals surface area contributed by atoms with Crippen molar-refractivity contribution in [2.24, 2.45) is 0 Å². The topological polar surface area (TPSA) is 57.7 Å². The van der Waals surface area contributed by atoms with Gasteiger partial charge in [0.2, 0.25) is 0 Å². The SMILES string of the molecule is Cc1ccc(S(=O)(=O)N(C)c2ccc(C(=O)N(C)C)cc2C)cc1. The molecule has 0 atom stereocenters. The Labute approximate surface area is 143 Å². The highest BCUT2D eigenvalue weighted by atomic mass is 32.2. The molecule has 0 aromatic heterocycles. The van der Waals surface area contributed by atoms with Gasteiger partial charge in [0.05, 0.1) is 10.6 Å². The second-order valence-corrected chi connectivity index (χ2v) is 7.96. The van der Waals surface area contributed by atoms with Gasteiger partial charge in [-0.3, -0.25) is 9.10 Å². The van der Waals surface area contributed by atoms with Crippen LogP contribution in [0.1, 0.15) is 21.5 Å². The van der Waals surface area contributed by atoms with Crippen LogP contribution in [-0.4, -0.2) is 40.4 Å². The molecule has 0 bridgehead atoms. The first-order valence-electron chi connectivity index (χ1n) is 7.52. The van der Waals surface area contributed by atoms with E-state index in [1.807, 2.05) is 6.92 Å². The number of aryl methyl sites for hydroxylation is 2. The second-order valence-electron chi connectivity index (χ2n) is 5.99. The van der Waals surface area contributed by atoms with Crippen molar-refractivity contribution in [2.75, 3.05) is 25.4 Å². The molecule has 2 aromatic rings. The summed E-state index contributed by atoms with van der Waals surface area (Å²) in [6.07, 6.45) is 0. The van der Waals surface area contributed by atoms with E-state index in [-0.39, 0.29) is 10.8 Å². The molecule has 0 fully saturated rings. The number of hydrogen-bond acceptors (Lipinski definition) is 3. The molecule has 0 N–H and O–H groups in total. The Kier molecular flexibility index (Phi) is 4.99. The number of carbonyl (C=O) groups is 1. The lowest BCUT2D eigenvalue weighted by Crippen LogP contribution is -2.27. The minimum absolute atomic E-state index is 0.117. The van der Waals surface area contributed by atoms with E-state index in [1.54, 1.807) is 63.5 Å². The number of sulfonamides is 1. The maximum absolute atomic E-state index is 12.8. The summed E-state index contributed by atoms with van der Waals surface area (Å²) in [6, 6.07) is 11.8. The predicted molar refractivity (Wildman–Crippen MR) is 96.0 cm³/mol. The number of rotatable bonds is 4. The number of amides is 1. The number of nitrogens with zero attached hydrogens (tertiary/aromatic N) is 2. The van der Waals surface area contributed by atoms with Crippen LogP contribution in [0.25, 0.3) is 0 Å². The van der Waals surface area contributed by atoms with Crippen molar-refractivity contribution in [3.05, 3.63) is 59.2 Å². The molecule has 0 heterocycles. The third kappa shape index (κ3) is 3.43. The third-order valence-corrected chi connectivity index (χ3v) is 5.65. The molecule has 1 amide bonds. The van der Waals surface area contributed by atoms with E-state index < -0.39 is 10.0 Å². The van der Waals surface area contributed by atoms with Crippen molar-refractivity contribution in [3.8, 4) is 0 Å². The molecule has 2 rings (SSSR count). The number of carbonyl (C=O) groups excluding carboxylic acids is 1. The molecule has 128 valence electrons. The first-order valence-corrected chi connectivity index (χ1v) is 8.96. The largest absolute Gasteiger partial charge is 0.345 e. The highest BCUT2D eigenvalue weighted by molar-refractivity contribution is 7.92. The van der Waals surface area contributed by atoms with Crippen LogP contribution in [0, 0.1) is 13.8 Å². The standard InChI is InChI=1S/C18H22N2O3S/c1-13-6-9-16(10-7-13)24(22,23)20(5)17-11-8-15(12-14(17)2)18(21)19(3)4/h6-12H,1-5H3. The van der Waals surface area contributed by atoms with E-state index in [1.165, 1.54) is 16.3 Å². The van der Waals surface area contributed by atoms with Crippen LogP contribution in [0.2, 0.25) is 0 Å². The van der Waals surface area contributed by atoms with Gasteiger partial charge in [0.1, 0.15) is 0 Å². The van der Waals surface area contributed by atoms with Crippen LogP contribution >= 0.6 is 0 Å². The van der Waals surface area contributed by atoms with E-state index in [0.29, 0.717) is 11.3 Å². The Morgan fingerprint density at radius 3 is 2.00 bits per heavy atom. The monoisotopic (exact) mass is 346 g/mol. The van der Waals surface area contributed by atoms with Crippen molar-refractivity contribution >= 4 is 21.6 Å². The molecule has 0 aliphatic rings. The highest BCUT2D eigenvalue weighted by Gasteiger charge is 2.23. The van der Waals surface area contributed by atoms with Gasteiger partial charge in [0.25, 0.3) is 15.9 Å². The Morgan fingerprint density at radius 1 is 0.917 bits per heavy atom. The van der Waals surface area contributed by atoms with Gasteiger partial charge >= 0.3 is 0 Å². The summed E-state index contributed by atoms with van der Waals surface area (Å²) in [5, 5.41) is 0. The van der Waals surface area contributed by atoms with Gasteiger partial charge in [0, 0.05) is 26.7 Å². The Balaban J connectivity index is 2.40. The van der Waals surface area contributed by atoms with E-state index in [2.05, 4.69) is 0 Å². The molecule has 0 radical (unpaired) electrons. The Hall–Kier alpha value is -2.34. The zero-order valence-corrected chi connectivity index (χ0v) is 15.4. The number of hydrogen-bond donors (Lipinski definition) is 0. The van der Waals surface area contributed by atoms with E-state index in [4.69, 9.17) is 0 Å². The summed E-state index contributed by atoms with van der Waals surface area (Å²) in [5.74, 6) is -0.117. The smallest absolute Gasteiger partial charge is 0.264 e. The van der Waals surface area contributed by atoms with Gasteiger partial charge in [-0.2, -0.15) is 0 Å². The molecule has 0 unspecified atom stereocenters. The number of anilines is 1. The summed E-state index contributed by atoms with van der Waals surface area (Å²) in [7, 11) is 1.24. The maximum Gasteiger partial charge on any atom is 0.264 e. The number of benzene rings is 2. The lowest BCUT2D eigenvalue weighted by molar-refractivity contribution is 0.0827. The minimum Gasteiger partial charge on any atom is -0.345 e. The van der Waals surface area contributed by atoms with Crippen LogP contribution in [0.5, 0.6) is 0 Å². The summed E-state index contributed by atoms with van der Waals surface area (Å²) in [5.41, 5.74) is 2.80. The molecule has 5 nitrogen and oxygen atoms in total. The summed E-state index contributed by atoms with van der Waals surface area (Å²) >= 11 is 0. The minimum atomic E-state index is -3.64. The van der Waals surface area contributed by atoms with Crippen molar-refractivity contribution in [1.82, 2.24) is 4.90 Å². The van der Waals surface area contributed by atoms with Crippen LogP contribution in [-0.2, 0) is 10.0 Å². The molecule has 2 aromatic carbocycles. The van der Waals surface area contributed by atoms with Crippen LogP contribution in [0.4, 0.5) is 5.69 Å². The lowest BCUT2D eigenvalue weighted by Gasteiger charge is -2.22. The second kappa shape index (κ2) is 6.65. The molecule has 6 heteroatoms. The van der Waals surface area contributed by atoms with Crippen LogP contribution < -0.4 is 4.31 Å². The van der Waals surface area contributed by atoms with E-state index in [9.17, 15) is 13.2 Å². The molecule has 0 aliphatic heterocycles. The van der Waals surface area contributed by atoms with Crippen molar-refractivity contribution in [3.63, 3.8) is 0 Å². The zero-order valence-electron chi connectivity index (χ0n) is 14.6. The first kappa shape index (κ1) is 18.0. The van der Waals surface area contributed by atoms with E-state index >= 15 is 0 Å². The summed E-state index contributed by atoms with van der Waals surface area (Å²) in [4.78, 5) is 13.7. The van der Waals surface area contributed by atoms with Gasteiger partial charge in [0.15, 0.2) is 0 Å². The van der Waals surface area contributed by atoms with E-state index in [0.717, 1.165) is 11.1 Å². The predicted octanol–water partition coefficient (Wildman–Crippen LogP) is 2.83. The molecule has 0 saturated carbocycles. The molecular formula is C18H22N2O3S. The highest BCUT2D eigenvalue weighted by Crippen LogP contribution is 2.26. The van der Waals surface area contributed by atoms with Gasteiger partial charge in [-0.05, 0) is 49.7 Å². The zero-order chi connectivity index (χ0) is 18.1. The maximum atomic E-state index is 12.8. The molecule has 0 aliphatic carbocycles. The lowest BCUT2D eigenvalue weighted by atomic mass is 10.1. The Morgan fingerprint density at radius 2 is 1.50 bits per heavy atom. The van der Waals surface area contributed by atoms with Crippen molar-refractivity contribution in [2.45, 2.75) is 18.7 Å². The molecular weight excluding hydrogens is 324 g/mol. The molecule has 0 saturated heterocycles. The fraction of sp³-hybridized carbons (Fsp3) is 0.278. The third-order valence-electron chi connectivity index (χ3n) is 3.87. The van der Waals surface area contributed by atoms with Crippen LogP contribution in [0.15, 0.2) is 47.4 Å². The molecule has 24 heavy (non-hydrogen) atoms. The van der Waals surface area contributed by atoms with Crippen molar-refractivity contribution < 1.29 is 13.2 Å².